The molecule has 0 saturated heterocycles. The number of aromatic amines is 1. The second-order valence-corrected chi connectivity index (χ2v) is 7.76. The van der Waals surface area contributed by atoms with Crippen molar-refractivity contribution < 1.29 is 19.0 Å². The van der Waals surface area contributed by atoms with Crippen LogP contribution in [0, 0.1) is 11.6 Å². The van der Waals surface area contributed by atoms with E-state index in [1.807, 2.05) is 0 Å². The van der Waals surface area contributed by atoms with E-state index in [1.165, 1.54) is 17.0 Å². The molecule has 3 rings (SSSR count). The van der Waals surface area contributed by atoms with Gasteiger partial charge in [0.1, 0.15) is 0 Å². The Morgan fingerprint density at radius 2 is 2.03 bits per heavy atom. The highest BCUT2D eigenvalue weighted by Crippen LogP contribution is 2.26. The number of aliphatic hydroxyl groups excluding tert-OH is 2. The number of thioether (sulfide) groups is 1. The first kappa shape index (κ1) is 22.8. The summed E-state index contributed by atoms with van der Waals surface area (Å²) in [5.74, 6) is -1.46. The number of nitrogens with one attached hydrogen (secondary N) is 2. The van der Waals surface area contributed by atoms with Gasteiger partial charge in [-0.25, -0.2) is 23.7 Å². The molecule has 0 aliphatic rings. The Labute approximate surface area is 180 Å². The largest absolute Gasteiger partial charge is 0.395 e. The zero-order valence-electron chi connectivity index (χ0n) is 16.9. The number of hydrogen-bond donors (Lipinski definition) is 4. The SMILES string of the molecule is C[C@H](CO)Nc1nc(SCc2cccc(F)c2F)nc2[nH]c(=O)c(N(C)CCO)nc12. The van der Waals surface area contributed by atoms with Crippen molar-refractivity contribution >= 4 is 34.6 Å². The summed E-state index contributed by atoms with van der Waals surface area (Å²) in [6.07, 6.45) is 0. The first-order valence-corrected chi connectivity index (χ1v) is 10.4. The highest BCUT2D eigenvalue weighted by Gasteiger charge is 2.17. The van der Waals surface area contributed by atoms with E-state index in [0.717, 1.165) is 17.8 Å². The number of H-pyrrole nitrogens is 1. The number of halogens is 2. The van der Waals surface area contributed by atoms with Crippen LogP contribution in [0.4, 0.5) is 20.4 Å². The van der Waals surface area contributed by atoms with Gasteiger partial charge in [0.25, 0.3) is 5.56 Å². The molecule has 0 unspecified atom stereocenters. The Bertz CT molecular complexity index is 1130. The van der Waals surface area contributed by atoms with Gasteiger partial charge in [-0.15, -0.1) is 0 Å². The normalized spacial score (nSPS) is 12.2. The van der Waals surface area contributed by atoms with Crippen molar-refractivity contribution in [1.29, 1.82) is 0 Å². The molecule has 166 valence electrons. The maximum absolute atomic E-state index is 13.9. The van der Waals surface area contributed by atoms with Crippen molar-refractivity contribution in [2.45, 2.75) is 23.9 Å². The smallest absolute Gasteiger partial charge is 0.292 e. The van der Waals surface area contributed by atoms with Crippen LogP contribution in [0.25, 0.3) is 11.2 Å². The van der Waals surface area contributed by atoms with Crippen molar-refractivity contribution in [3.8, 4) is 0 Å². The maximum atomic E-state index is 13.9. The van der Waals surface area contributed by atoms with E-state index in [2.05, 4.69) is 25.3 Å². The van der Waals surface area contributed by atoms with E-state index >= 15 is 0 Å². The number of hydrogen-bond acceptors (Lipinski definition) is 9. The van der Waals surface area contributed by atoms with Crippen LogP contribution in [-0.2, 0) is 5.75 Å². The molecular weight excluding hydrogens is 430 g/mol. The third kappa shape index (κ3) is 5.27. The molecule has 2 heterocycles. The Kier molecular flexibility index (Phi) is 7.36. The van der Waals surface area contributed by atoms with Crippen molar-refractivity contribution in [1.82, 2.24) is 19.9 Å². The molecule has 0 aliphatic carbocycles. The highest BCUT2D eigenvalue weighted by molar-refractivity contribution is 7.98. The second kappa shape index (κ2) is 9.98. The topological polar surface area (TPSA) is 127 Å². The summed E-state index contributed by atoms with van der Waals surface area (Å²) in [7, 11) is 1.61. The van der Waals surface area contributed by atoms with Crippen LogP contribution < -0.4 is 15.8 Å². The first-order chi connectivity index (χ1) is 14.8. The van der Waals surface area contributed by atoms with Crippen LogP contribution in [0.3, 0.4) is 0 Å². The average Bonchev–Trinajstić information content (AvgIpc) is 2.74. The van der Waals surface area contributed by atoms with Gasteiger partial charge in [0.05, 0.1) is 13.2 Å². The third-order valence-corrected chi connectivity index (χ3v) is 5.25. The molecular formula is C19H22F2N6O3S. The molecule has 12 heteroatoms. The number of anilines is 2. The van der Waals surface area contributed by atoms with Crippen LogP contribution >= 0.6 is 11.8 Å². The highest BCUT2D eigenvalue weighted by atomic mass is 32.2. The summed E-state index contributed by atoms with van der Waals surface area (Å²) in [5.41, 5.74) is 0.0620. The van der Waals surface area contributed by atoms with Crippen molar-refractivity contribution in [3.05, 3.63) is 45.8 Å². The van der Waals surface area contributed by atoms with Crippen LogP contribution in [-0.4, -0.2) is 63.0 Å². The zero-order valence-corrected chi connectivity index (χ0v) is 17.7. The van der Waals surface area contributed by atoms with Crippen LogP contribution in [0.1, 0.15) is 12.5 Å². The van der Waals surface area contributed by atoms with E-state index in [0.29, 0.717) is 0 Å². The van der Waals surface area contributed by atoms with Crippen molar-refractivity contribution in [2.75, 3.05) is 37.0 Å². The molecule has 3 aromatic rings. The van der Waals surface area contributed by atoms with E-state index in [1.54, 1.807) is 14.0 Å². The summed E-state index contributed by atoms with van der Waals surface area (Å²) in [6, 6.07) is 3.54. The van der Waals surface area contributed by atoms with Gasteiger partial charge in [-0.2, -0.15) is 0 Å². The molecule has 0 spiro atoms. The predicted octanol–water partition coefficient (Wildman–Crippen LogP) is 1.50. The number of benzene rings is 1. The van der Waals surface area contributed by atoms with Crippen LogP contribution in [0.15, 0.2) is 28.2 Å². The average molecular weight is 452 g/mol. The molecule has 0 radical (unpaired) electrons. The predicted molar refractivity (Wildman–Crippen MR) is 114 cm³/mol. The number of likely N-dealkylation sites (N-methyl/N-ethyl adjacent to an activating group) is 1. The van der Waals surface area contributed by atoms with Crippen LogP contribution in [0.2, 0.25) is 0 Å². The quantitative estimate of drug-likeness (QED) is 0.282. The van der Waals surface area contributed by atoms with E-state index in [4.69, 9.17) is 5.11 Å². The number of aromatic nitrogens is 4. The summed E-state index contributed by atoms with van der Waals surface area (Å²) in [6.45, 7) is 1.59. The van der Waals surface area contributed by atoms with Crippen LogP contribution in [0.5, 0.6) is 0 Å². The minimum Gasteiger partial charge on any atom is -0.395 e. The Morgan fingerprint density at radius 3 is 2.74 bits per heavy atom. The first-order valence-electron chi connectivity index (χ1n) is 9.41. The van der Waals surface area contributed by atoms with Gasteiger partial charge in [0.15, 0.2) is 39.6 Å². The van der Waals surface area contributed by atoms with Crippen molar-refractivity contribution in [2.24, 2.45) is 0 Å². The number of nitrogens with zero attached hydrogens (tertiary/aromatic N) is 4. The lowest BCUT2D eigenvalue weighted by atomic mass is 10.2. The summed E-state index contributed by atoms with van der Waals surface area (Å²) < 4.78 is 27.4. The molecule has 0 amide bonds. The Balaban J connectivity index is 2.02. The second-order valence-electron chi connectivity index (χ2n) is 6.82. The Morgan fingerprint density at radius 1 is 1.26 bits per heavy atom. The molecule has 2 aromatic heterocycles. The van der Waals surface area contributed by atoms with Gasteiger partial charge in [0.2, 0.25) is 0 Å². The Hall–Kier alpha value is -2.83. The molecule has 0 fully saturated rings. The fourth-order valence-electron chi connectivity index (χ4n) is 2.71. The lowest BCUT2D eigenvalue weighted by Crippen LogP contribution is -2.29. The summed E-state index contributed by atoms with van der Waals surface area (Å²) in [4.78, 5) is 29.6. The fourth-order valence-corrected chi connectivity index (χ4v) is 3.53. The molecule has 0 saturated carbocycles. The van der Waals surface area contributed by atoms with E-state index in [9.17, 15) is 18.7 Å². The molecule has 0 aliphatic heterocycles. The minimum absolute atomic E-state index is 0.0685. The standard InChI is InChI=1S/C19H22F2N6O3S/c1-10(8-29)22-15-14-16(24-18(30)17(23-14)27(2)6-7-28)26-19(25-15)31-9-11-4-3-5-12(20)13(11)21/h3-5,10,28-29H,6-9H2,1-2H3,(H2,22,24,25,26,30)/t10-/m1/s1. The molecule has 1 aromatic carbocycles. The molecule has 4 N–H and O–H groups in total. The molecule has 9 nitrogen and oxygen atoms in total. The van der Waals surface area contributed by atoms with Gasteiger partial charge in [-0.05, 0) is 13.0 Å². The summed E-state index contributed by atoms with van der Waals surface area (Å²) >= 11 is 1.06. The zero-order chi connectivity index (χ0) is 22.5. The van der Waals surface area contributed by atoms with Gasteiger partial charge in [-0.1, -0.05) is 23.9 Å². The monoisotopic (exact) mass is 452 g/mol. The number of aliphatic hydroxyl groups is 2. The number of rotatable bonds is 9. The lowest BCUT2D eigenvalue weighted by Gasteiger charge is -2.18. The maximum Gasteiger partial charge on any atom is 0.292 e. The third-order valence-electron chi connectivity index (χ3n) is 4.36. The van der Waals surface area contributed by atoms with Gasteiger partial charge in [0, 0.05) is 31.0 Å². The lowest BCUT2D eigenvalue weighted by molar-refractivity contribution is 0.281. The van der Waals surface area contributed by atoms with Gasteiger partial charge >= 0.3 is 0 Å². The van der Waals surface area contributed by atoms with E-state index in [-0.39, 0.29) is 65.1 Å². The molecule has 1 atom stereocenters. The minimum atomic E-state index is -0.940. The summed E-state index contributed by atoms with van der Waals surface area (Å²) in [5, 5.41) is 21.8. The molecule has 0 bridgehead atoms. The van der Waals surface area contributed by atoms with E-state index < -0.39 is 17.2 Å². The van der Waals surface area contributed by atoms with Gasteiger partial charge < -0.3 is 25.4 Å². The molecule has 31 heavy (non-hydrogen) atoms. The number of fused-ring (bicyclic) bond motifs is 1. The van der Waals surface area contributed by atoms with Gasteiger partial charge in [-0.3, -0.25) is 4.79 Å². The van der Waals surface area contributed by atoms with Crippen molar-refractivity contribution in [3.63, 3.8) is 0 Å². The fraction of sp³-hybridized carbons (Fsp3) is 0.368.